The molecule has 5 heteroatoms. The van der Waals surface area contributed by atoms with Crippen molar-refractivity contribution in [3.05, 3.63) is 65.9 Å². The second-order valence-electron chi connectivity index (χ2n) is 7.71. The van der Waals surface area contributed by atoms with Gasteiger partial charge in [-0.2, -0.15) is 0 Å². The minimum absolute atomic E-state index is 0.183. The zero-order valence-corrected chi connectivity index (χ0v) is 17.7. The van der Waals surface area contributed by atoms with Gasteiger partial charge in [0.1, 0.15) is 5.03 Å². The van der Waals surface area contributed by atoms with Gasteiger partial charge in [-0.05, 0) is 30.5 Å². The molecule has 0 bridgehead atoms. The maximum absolute atomic E-state index is 12.8. The number of para-hydroxylation sites is 2. The number of hydrogen-bond acceptors (Lipinski definition) is 4. The van der Waals surface area contributed by atoms with Gasteiger partial charge in [-0.1, -0.05) is 73.5 Å². The first-order chi connectivity index (χ1) is 14.2. The summed E-state index contributed by atoms with van der Waals surface area (Å²) >= 11 is 1.52. The molecule has 1 saturated carbocycles. The van der Waals surface area contributed by atoms with Crippen molar-refractivity contribution in [2.75, 3.05) is 12.8 Å². The molecule has 0 unspecified atom stereocenters. The number of fused-ring (bicyclic) bond motifs is 1. The molecule has 4 rings (SSSR count). The fourth-order valence-corrected chi connectivity index (χ4v) is 4.86. The van der Waals surface area contributed by atoms with E-state index in [4.69, 9.17) is 9.97 Å². The Bertz CT molecular complexity index is 970. The monoisotopic (exact) mass is 405 g/mol. The van der Waals surface area contributed by atoms with E-state index in [1.807, 2.05) is 54.4 Å². The molecule has 0 radical (unpaired) electrons. The van der Waals surface area contributed by atoms with Gasteiger partial charge < -0.3 is 4.90 Å². The summed E-state index contributed by atoms with van der Waals surface area (Å²) in [6, 6.07) is 18.6. The molecule has 0 spiro atoms. The van der Waals surface area contributed by atoms with Gasteiger partial charge in [-0.25, -0.2) is 9.97 Å². The van der Waals surface area contributed by atoms with Gasteiger partial charge in [0.25, 0.3) is 0 Å². The third kappa shape index (κ3) is 4.96. The quantitative estimate of drug-likeness (QED) is 0.535. The fraction of sp³-hybridized carbons (Fsp3) is 0.375. The third-order valence-corrected chi connectivity index (χ3v) is 6.66. The maximum atomic E-state index is 12.8. The molecular weight excluding hydrogens is 378 g/mol. The summed E-state index contributed by atoms with van der Waals surface area (Å²) in [5.74, 6) is 0.587. The molecule has 2 aromatic carbocycles. The summed E-state index contributed by atoms with van der Waals surface area (Å²) in [5.41, 5.74) is 3.91. The van der Waals surface area contributed by atoms with Crippen molar-refractivity contribution in [3.63, 3.8) is 0 Å². The van der Waals surface area contributed by atoms with Gasteiger partial charge in [0, 0.05) is 19.5 Å². The van der Waals surface area contributed by atoms with Crippen molar-refractivity contribution >= 4 is 28.7 Å². The number of aromatic nitrogens is 2. The van der Waals surface area contributed by atoms with Crippen LogP contribution in [0.3, 0.4) is 0 Å². The average molecular weight is 406 g/mol. The van der Waals surface area contributed by atoms with Crippen molar-refractivity contribution < 1.29 is 4.79 Å². The molecule has 3 aromatic rings. The lowest BCUT2D eigenvalue weighted by molar-refractivity contribution is -0.129. The molecule has 0 saturated heterocycles. The van der Waals surface area contributed by atoms with Crippen LogP contribution in [-0.2, 0) is 11.2 Å². The van der Waals surface area contributed by atoms with Gasteiger partial charge in [-0.15, -0.1) is 0 Å². The Labute approximate surface area is 176 Å². The van der Waals surface area contributed by atoms with E-state index in [1.54, 1.807) is 0 Å². The highest BCUT2D eigenvalue weighted by Gasteiger charge is 2.22. The van der Waals surface area contributed by atoms with Gasteiger partial charge >= 0.3 is 0 Å². The van der Waals surface area contributed by atoms with Crippen LogP contribution in [0.1, 0.15) is 43.4 Å². The normalized spacial score (nSPS) is 14.8. The molecule has 1 aliphatic rings. The Kier molecular flexibility index (Phi) is 6.45. The molecule has 0 N–H and O–H groups in total. The summed E-state index contributed by atoms with van der Waals surface area (Å²) in [4.78, 5) is 24.5. The lowest BCUT2D eigenvalue weighted by Crippen LogP contribution is -2.39. The van der Waals surface area contributed by atoms with Crippen LogP contribution in [0.15, 0.2) is 59.6 Å². The summed E-state index contributed by atoms with van der Waals surface area (Å²) in [6.45, 7) is 0. The van der Waals surface area contributed by atoms with Crippen LogP contribution >= 0.6 is 11.8 Å². The van der Waals surface area contributed by atoms with Crippen LogP contribution in [-0.4, -0.2) is 39.6 Å². The highest BCUT2D eigenvalue weighted by molar-refractivity contribution is 7.99. The molecule has 29 heavy (non-hydrogen) atoms. The zero-order chi connectivity index (χ0) is 20.1. The van der Waals surface area contributed by atoms with Crippen molar-refractivity contribution in [1.82, 2.24) is 14.9 Å². The first-order valence-corrected chi connectivity index (χ1v) is 11.4. The average Bonchev–Trinajstić information content (AvgIpc) is 2.78. The van der Waals surface area contributed by atoms with Gasteiger partial charge in [-0.3, -0.25) is 4.79 Å². The van der Waals surface area contributed by atoms with E-state index in [9.17, 15) is 4.79 Å². The van der Waals surface area contributed by atoms with E-state index in [0.29, 0.717) is 18.2 Å². The molecule has 1 aliphatic carbocycles. The molecule has 1 amide bonds. The second-order valence-corrected chi connectivity index (χ2v) is 8.68. The van der Waals surface area contributed by atoms with Gasteiger partial charge in [0.2, 0.25) is 5.91 Å². The smallest absolute Gasteiger partial charge is 0.232 e. The fourth-order valence-electron chi connectivity index (χ4n) is 3.94. The van der Waals surface area contributed by atoms with Crippen LogP contribution in [0.25, 0.3) is 11.0 Å². The maximum Gasteiger partial charge on any atom is 0.232 e. The SMILES string of the molecule is CN(C(=O)CSc1nc2ccccc2nc1Cc1ccccc1)C1CCCCC1. The van der Waals surface area contributed by atoms with Crippen molar-refractivity contribution in [3.8, 4) is 0 Å². The minimum atomic E-state index is 0.183. The van der Waals surface area contributed by atoms with E-state index in [1.165, 1.54) is 36.6 Å². The molecule has 4 nitrogen and oxygen atoms in total. The van der Waals surface area contributed by atoms with E-state index >= 15 is 0 Å². The van der Waals surface area contributed by atoms with E-state index < -0.39 is 0 Å². The van der Waals surface area contributed by atoms with Crippen molar-refractivity contribution in [2.45, 2.75) is 49.6 Å². The van der Waals surface area contributed by atoms with Crippen LogP contribution in [0.5, 0.6) is 0 Å². The largest absolute Gasteiger partial charge is 0.342 e. The Hall–Kier alpha value is -2.40. The highest BCUT2D eigenvalue weighted by Crippen LogP contribution is 2.26. The highest BCUT2D eigenvalue weighted by atomic mass is 32.2. The van der Waals surface area contributed by atoms with E-state index in [2.05, 4.69) is 12.1 Å². The summed E-state index contributed by atoms with van der Waals surface area (Å²) in [6.07, 6.45) is 6.72. The summed E-state index contributed by atoms with van der Waals surface area (Å²) in [7, 11) is 1.95. The molecule has 1 heterocycles. The molecule has 0 atom stereocenters. The number of carbonyl (C=O) groups is 1. The first kappa shape index (κ1) is 19.9. The number of benzene rings is 2. The summed E-state index contributed by atoms with van der Waals surface area (Å²) in [5, 5.41) is 0.859. The number of thioether (sulfide) groups is 1. The lowest BCUT2D eigenvalue weighted by atomic mass is 9.94. The predicted octanol–water partition coefficient (Wildman–Crippen LogP) is 5.10. The number of carbonyl (C=O) groups excluding carboxylic acids is 1. The lowest BCUT2D eigenvalue weighted by Gasteiger charge is -2.31. The second kappa shape index (κ2) is 9.40. The van der Waals surface area contributed by atoms with Crippen LogP contribution < -0.4 is 0 Å². The topological polar surface area (TPSA) is 46.1 Å². The van der Waals surface area contributed by atoms with Crippen LogP contribution in [0, 0.1) is 0 Å². The number of rotatable bonds is 6. The molecular formula is C24H27N3OS. The van der Waals surface area contributed by atoms with Crippen molar-refractivity contribution in [1.29, 1.82) is 0 Å². The number of amides is 1. The third-order valence-electron chi connectivity index (χ3n) is 5.67. The number of nitrogens with zero attached hydrogens (tertiary/aromatic N) is 3. The van der Waals surface area contributed by atoms with Crippen molar-refractivity contribution in [2.24, 2.45) is 0 Å². The van der Waals surface area contributed by atoms with Gasteiger partial charge in [0.05, 0.1) is 22.5 Å². The minimum Gasteiger partial charge on any atom is -0.342 e. The first-order valence-electron chi connectivity index (χ1n) is 10.4. The Balaban J connectivity index is 1.53. The molecule has 1 aromatic heterocycles. The zero-order valence-electron chi connectivity index (χ0n) is 16.9. The Morgan fingerprint density at radius 2 is 1.62 bits per heavy atom. The Morgan fingerprint density at radius 1 is 0.966 bits per heavy atom. The molecule has 1 fully saturated rings. The van der Waals surface area contributed by atoms with E-state index in [-0.39, 0.29) is 5.91 Å². The summed E-state index contributed by atoms with van der Waals surface area (Å²) < 4.78 is 0. The molecule has 150 valence electrons. The number of hydrogen-bond donors (Lipinski definition) is 0. The van der Waals surface area contributed by atoms with E-state index in [0.717, 1.165) is 34.6 Å². The molecule has 0 aliphatic heterocycles. The standard InChI is InChI=1S/C24H27N3OS/c1-27(19-12-6-3-7-13-19)23(28)17-29-24-22(16-18-10-4-2-5-11-18)25-20-14-8-9-15-21(20)26-24/h2,4-5,8-11,14-15,19H,3,6-7,12-13,16-17H2,1H3. The Morgan fingerprint density at radius 3 is 2.34 bits per heavy atom. The van der Waals surface area contributed by atoms with Crippen LogP contribution in [0.4, 0.5) is 0 Å². The van der Waals surface area contributed by atoms with Crippen LogP contribution in [0.2, 0.25) is 0 Å². The predicted molar refractivity (Wildman–Crippen MR) is 119 cm³/mol. The van der Waals surface area contributed by atoms with Gasteiger partial charge in [0.15, 0.2) is 0 Å².